The first-order valence-corrected chi connectivity index (χ1v) is 6.67. The Labute approximate surface area is 107 Å². The van der Waals surface area contributed by atoms with E-state index in [-0.39, 0.29) is 0 Å². The number of thioether (sulfide) groups is 1. The van der Waals surface area contributed by atoms with E-state index in [9.17, 15) is 0 Å². The lowest BCUT2D eigenvalue weighted by Gasteiger charge is -2.06. The van der Waals surface area contributed by atoms with Gasteiger partial charge in [-0.3, -0.25) is 0 Å². The molecule has 0 amide bonds. The standard InChI is InChI=1S/C12H12BrNOS/c1-8-3-2-4-10(12(8)14)16-7-9-5-6-11(13)15-9/h2-6H,7,14H2,1H3. The van der Waals surface area contributed by atoms with Gasteiger partial charge in [0.2, 0.25) is 0 Å². The van der Waals surface area contributed by atoms with Gasteiger partial charge in [-0.15, -0.1) is 11.8 Å². The number of nitrogens with two attached hydrogens (primary N) is 1. The highest BCUT2D eigenvalue weighted by molar-refractivity contribution is 9.10. The predicted octanol–water partition coefficient (Wildman–Crippen LogP) is 4.23. The van der Waals surface area contributed by atoms with Gasteiger partial charge >= 0.3 is 0 Å². The molecule has 1 aromatic carbocycles. The van der Waals surface area contributed by atoms with Crippen molar-refractivity contribution < 1.29 is 4.42 Å². The first kappa shape index (κ1) is 11.6. The van der Waals surface area contributed by atoms with Gasteiger partial charge < -0.3 is 10.2 Å². The molecule has 0 saturated carbocycles. The average Bonchev–Trinajstić information content (AvgIpc) is 2.67. The van der Waals surface area contributed by atoms with Crippen molar-refractivity contribution in [2.75, 3.05) is 5.73 Å². The molecule has 0 bridgehead atoms. The number of para-hydroxylation sites is 1. The van der Waals surface area contributed by atoms with Crippen LogP contribution >= 0.6 is 27.7 Å². The first-order chi connectivity index (χ1) is 7.66. The van der Waals surface area contributed by atoms with E-state index in [2.05, 4.69) is 15.9 Å². The number of aryl methyl sites for hydroxylation is 1. The van der Waals surface area contributed by atoms with Crippen LogP contribution in [0.5, 0.6) is 0 Å². The summed E-state index contributed by atoms with van der Waals surface area (Å²) in [6.45, 7) is 2.02. The molecule has 2 nitrogen and oxygen atoms in total. The van der Waals surface area contributed by atoms with E-state index in [1.165, 1.54) is 0 Å². The topological polar surface area (TPSA) is 39.2 Å². The molecule has 2 N–H and O–H groups in total. The number of rotatable bonds is 3. The largest absolute Gasteiger partial charge is 0.453 e. The Morgan fingerprint density at radius 2 is 2.12 bits per heavy atom. The number of halogens is 1. The number of hydrogen-bond acceptors (Lipinski definition) is 3. The van der Waals surface area contributed by atoms with Crippen molar-refractivity contribution in [3.05, 3.63) is 46.3 Å². The van der Waals surface area contributed by atoms with Gasteiger partial charge in [0.1, 0.15) is 5.76 Å². The van der Waals surface area contributed by atoms with Gasteiger partial charge in [0.25, 0.3) is 0 Å². The molecular weight excluding hydrogens is 286 g/mol. The quantitative estimate of drug-likeness (QED) is 0.681. The zero-order chi connectivity index (χ0) is 11.5. The first-order valence-electron chi connectivity index (χ1n) is 4.89. The highest BCUT2D eigenvalue weighted by atomic mass is 79.9. The summed E-state index contributed by atoms with van der Waals surface area (Å²) in [5, 5.41) is 0. The molecule has 1 heterocycles. The summed E-state index contributed by atoms with van der Waals surface area (Å²) in [5.41, 5.74) is 7.97. The number of hydrogen-bond donors (Lipinski definition) is 1. The summed E-state index contributed by atoms with van der Waals surface area (Å²) in [6, 6.07) is 9.93. The van der Waals surface area contributed by atoms with Gasteiger partial charge in [0.05, 0.1) is 5.75 Å². The lowest BCUT2D eigenvalue weighted by molar-refractivity contribution is 0.507. The van der Waals surface area contributed by atoms with E-state index >= 15 is 0 Å². The Morgan fingerprint density at radius 3 is 2.81 bits per heavy atom. The van der Waals surface area contributed by atoms with Gasteiger partial charge in [-0.2, -0.15) is 0 Å². The van der Waals surface area contributed by atoms with Crippen LogP contribution in [-0.4, -0.2) is 0 Å². The average molecular weight is 298 g/mol. The normalized spacial score (nSPS) is 10.6. The molecular formula is C12H12BrNOS. The van der Waals surface area contributed by atoms with Crippen molar-refractivity contribution in [3.63, 3.8) is 0 Å². The molecule has 84 valence electrons. The van der Waals surface area contributed by atoms with Crippen molar-refractivity contribution in [1.29, 1.82) is 0 Å². The third-order valence-corrected chi connectivity index (χ3v) is 3.80. The van der Waals surface area contributed by atoms with E-state index in [0.717, 1.165) is 32.3 Å². The predicted molar refractivity (Wildman–Crippen MR) is 71.6 cm³/mol. The van der Waals surface area contributed by atoms with E-state index in [1.54, 1.807) is 11.8 Å². The van der Waals surface area contributed by atoms with Gasteiger partial charge in [-0.05, 0) is 46.6 Å². The maximum absolute atomic E-state index is 5.99. The number of anilines is 1. The van der Waals surface area contributed by atoms with Crippen LogP contribution in [0.3, 0.4) is 0 Å². The van der Waals surface area contributed by atoms with Gasteiger partial charge in [0.15, 0.2) is 4.67 Å². The maximum Gasteiger partial charge on any atom is 0.169 e. The minimum Gasteiger partial charge on any atom is -0.453 e. The van der Waals surface area contributed by atoms with Crippen LogP contribution in [0.25, 0.3) is 0 Å². The third-order valence-electron chi connectivity index (χ3n) is 2.28. The Bertz CT molecular complexity index is 496. The summed E-state index contributed by atoms with van der Waals surface area (Å²) < 4.78 is 6.19. The minimum absolute atomic E-state index is 0.764. The van der Waals surface area contributed by atoms with Crippen LogP contribution in [0, 0.1) is 6.92 Å². The van der Waals surface area contributed by atoms with Crippen LogP contribution in [0.15, 0.2) is 44.3 Å². The van der Waals surface area contributed by atoms with E-state index < -0.39 is 0 Å². The molecule has 0 atom stereocenters. The lowest BCUT2D eigenvalue weighted by Crippen LogP contribution is -1.92. The summed E-state index contributed by atoms with van der Waals surface area (Å²) in [6.07, 6.45) is 0. The monoisotopic (exact) mass is 297 g/mol. The van der Waals surface area contributed by atoms with Crippen molar-refractivity contribution in [1.82, 2.24) is 0 Å². The molecule has 0 unspecified atom stereocenters. The number of furan rings is 1. The second-order valence-electron chi connectivity index (χ2n) is 3.48. The van der Waals surface area contributed by atoms with Crippen LogP contribution in [0.2, 0.25) is 0 Å². The maximum atomic E-state index is 5.99. The fourth-order valence-corrected chi connectivity index (χ4v) is 2.64. The van der Waals surface area contributed by atoms with Crippen LogP contribution in [-0.2, 0) is 5.75 Å². The molecule has 0 spiro atoms. The zero-order valence-electron chi connectivity index (χ0n) is 8.87. The fraction of sp³-hybridized carbons (Fsp3) is 0.167. The van der Waals surface area contributed by atoms with Gasteiger partial charge in [0, 0.05) is 10.6 Å². The molecule has 0 aliphatic heterocycles. The molecule has 0 radical (unpaired) electrons. The van der Waals surface area contributed by atoms with Crippen molar-refractivity contribution in [3.8, 4) is 0 Å². The second-order valence-corrected chi connectivity index (χ2v) is 5.28. The number of benzene rings is 1. The highest BCUT2D eigenvalue weighted by Gasteiger charge is 2.05. The molecule has 16 heavy (non-hydrogen) atoms. The van der Waals surface area contributed by atoms with Crippen molar-refractivity contribution >= 4 is 33.4 Å². The Kier molecular flexibility index (Phi) is 3.61. The van der Waals surface area contributed by atoms with Crippen LogP contribution in [0.4, 0.5) is 5.69 Å². The smallest absolute Gasteiger partial charge is 0.169 e. The molecule has 2 rings (SSSR count). The summed E-state index contributed by atoms with van der Waals surface area (Å²) >= 11 is 4.97. The SMILES string of the molecule is Cc1cccc(SCc2ccc(Br)o2)c1N. The minimum atomic E-state index is 0.764. The molecule has 0 aliphatic carbocycles. The summed E-state index contributed by atoms with van der Waals surface area (Å²) in [5.74, 6) is 1.73. The second kappa shape index (κ2) is 4.97. The Morgan fingerprint density at radius 1 is 1.31 bits per heavy atom. The van der Waals surface area contributed by atoms with Gasteiger partial charge in [-0.25, -0.2) is 0 Å². The fourth-order valence-electron chi connectivity index (χ4n) is 1.36. The van der Waals surface area contributed by atoms with Crippen molar-refractivity contribution in [2.45, 2.75) is 17.6 Å². The zero-order valence-corrected chi connectivity index (χ0v) is 11.3. The summed E-state index contributed by atoms with van der Waals surface area (Å²) in [4.78, 5) is 1.10. The molecule has 0 fully saturated rings. The van der Waals surface area contributed by atoms with E-state index in [1.807, 2.05) is 37.3 Å². The summed E-state index contributed by atoms with van der Waals surface area (Å²) in [7, 11) is 0. The third kappa shape index (κ3) is 2.62. The Hall–Kier alpha value is -0.870. The molecule has 2 aromatic rings. The number of nitrogen functional groups attached to an aromatic ring is 1. The van der Waals surface area contributed by atoms with Crippen molar-refractivity contribution in [2.24, 2.45) is 0 Å². The molecule has 4 heteroatoms. The van der Waals surface area contributed by atoms with E-state index in [0.29, 0.717) is 0 Å². The molecule has 0 aliphatic rings. The van der Waals surface area contributed by atoms with Gasteiger partial charge in [-0.1, -0.05) is 12.1 Å². The molecule has 1 aromatic heterocycles. The highest BCUT2D eigenvalue weighted by Crippen LogP contribution is 2.30. The Balaban J connectivity index is 2.07. The van der Waals surface area contributed by atoms with Crippen LogP contribution in [0.1, 0.15) is 11.3 Å². The lowest BCUT2D eigenvalue weighted by atomic mass is 10.2. The van der Waals surface area contributed by atoms with Crippen LogP contribution < -0.4 is 5.73 Å². The molecule has 0 saturated heterocycles. The van der Waals surface area contributed by atoms with E-state index in [4.69, 9.17) is 10.2 Å².